The molecule has 1 heterocycles. The van der Waals surface area contributed by atoms with Crippen LogP contribution in [0.5, 0.6) is 0 Å². The van der Waals surface area contributed by atoms with E-state index in [9.17, 15) is 4.79 Å². The number of nitrogens with zero attached hydrogens (tertiary/aromatic N) is 2. The van der Waals surface area contributed by atoms with Gasteiger partial charge in [0.2, 0.25) is 5.90 Å². The molecule has 16 heavy (non-hydrogen) atoms. The van der Waals surface area contributed by atoms with Crippen LogP contribution in [0.4, 0.5) is 0 Å². The minimum Gasteiger partial charge on any atom is -0.469 e. The molecule has 1 aliphatic rings. The fourth-order valence-electron chi connectivity index (χ4n) is 1.86. The van der Waals surface area contributed by atoms with Crippen molar-refractivity contribution in [1.82, 2.24) is 4.90 Å². The quantitative estimate of drug-likeness (QED) is 0.774. The van der Waals surface area contributed by atoms with E-state index in [0.29, 0.717) is 5.90 Å². The molecule has 2 N–H and O–H groups in total. The van der Waals surface area contributed by atoms with E-state index < -0.39 is 0 Å². The second-order valence-corrected chi connectivity index (χ2v) is 3.92. The van der Waals surface area contributed by atoms with Gasteiger partial charge in [0.05, 0.1) is 0 Å². The van der Waals surface area contributed by atoms with Gasteiger partial charge in [0, 0.05) is 18.4 Å². The van der Waals surface area contributed by atoms with Gasteiger partial charge in [-0.3, -0.25) is 4.79 Å². The van der Waals surface area contributed by atoms with Gasteiger partial charge >= 0.3 is 0 Å². The minimum absolute atomic E-state index is 0.0116. The van der Waals surface area contributed by atoms with Gasteiger partial charge in [-0.2, -0.15) is 0 Å². The summed E-state index contributed by atoms with van der Waals surface area (Å²) in [5.41, 5.74) is 5.23. The topological polar surface area (TPSA) is 67.9 Å². The minimum atomic E-state index is -0.0857. The molecule has 0 aromatic carbocycles. The summed E-state index contributed by atoms with van der Waals surface area (Å²) in [5, 5.41) is 0. The summed E-state index contributed by atoms with van der Waals surface area (Å²) >= 11 is 0. The first-order chi connectivity index (χ1) is 7.61. The molecule has 5 heteroatoms. The lowest BCUT2D eigenvalue weighted by atomic mass is 10.1. The number of aliphatic imine (C=N–C) groups is 1. The van der Waals surface area contributed by atoms with Crippen molar-refractivity contribution >= 4 is 11.8 Å². The van der Waals surface area contributed by atoms with Gasteiger partial charge in [-0.15, -0.1) is 0 Å². The molecule has 1 atom stereocenters. The number of hydrogen-bond acceptors (Lipinski definition) is 4. The van der Waals surface area contributed by atoms with Crippen molar-refractivity contribution in [3.8, 4) is 0 Å². The smallest absolute Gasteiger partial charge is 0.261 e. The standard InChI is InChI=1S/C11H19N3O2/c1-4-9-11(13-6-5-12)16-7-10(15)14(9)8(2)3/h5-6,8-9H,4,7,12H2,1-3H3/b6-5-,13-11+. The van der Waals surface area contributed by atoms with Crippen LogP contribution in [0.15, 0.2) is 17.4 Å². The molecule has 0 aromatic rings. The largest absolute Gasteiger partial charge is 0.469 e. The summed E-state index contributed by atoms with van der Waals surface area (Å²) in [6, 6.07) is 0.0610. The fraction of sp³-hybridized carbons (Fsp3) is 0.636. The molecule has 0 bridgehead atoms. The van der Waals surface area contributed by atoms with Crippen molar-refractivity contribution in [3.63, 3.8) is 0 Å². The van der Waals surface area contributed by atoms with Gasteiger partial charge in [0.15, 0.2) is 6.61 Å². The Morgan fingerprint density at radius 2 is 2.38 bits per heavy atom. The zero-order chi connectivity index (χ0) is 12.1. The molecule has 90 valence electrons. The van der Waals surface area contributed by atoms with Crippen molar-refractivity contribution in [2.75, 3.05) is 6.61 Å². The zero-order valence-electron chi connectivity index (χ0n) is 10.0. The van der Waals surface area contributed by atoms with Crippen LogP contribution in [-0.2, 0) is 9.53 Å². The monoisotopic (exact) mass is 225 g/mol. The maximum absolute atomic E-state index is 11.7. The summed E-state index contributed by atoms with van der Waals surface area (Å²) in [5.74, 6) is 0.579. The van der Waals surface area contributed by atoms with Crippen LogP contribution in [0.25, 0.3) is 0 Å². The lowest BCUT2D eigenvalue weighted by molar-refractivity contribution is -0.140. The van der Waals surface area contributed by atoms with Crippen LogP contribution >= 0.6 is 0 Å². The van der Waals surface area contributed by atoms with E-state index in [2.05, 4.69) is 4.99 Å². The van der Waals surface area contributed by atoms with Crippen molar-refractivity contribution in [2.45, 2.75) is 39.3 Å². The van der Waals surface area contributed by atoms with Gasteiger partial charge < -0.3 is 15.4 Å². The van der Waals surface area contributed by atoms with Gasteiger partial charge in [0.1, 0.15) is 6.04 Å². The van der Waals surface area contributed by atoms with Crippen LogP contribution in [-0.4, -0.2) is 35.4 Å². The van der Waals surface area contributed by atoms with Gasteiger partial charge in [0.25, 0.3) is 5.91 Å². The van der Waals surface area contributed by atoms with Crippen LogP contribution in [0.3, 0.4) is 0 Å². The number of nitrogens with two attached hydrogens (primary N) is 1. The molecule has 1 aliphatic heterocycles. The van der Waals surface area contributed by atoms with Gasteiger partial charge in [-0.1, -0.05) is 6.92 Å². The third-order valence-corrected chi connectivity index (χ3v) is 2.48. The normalized spacial score (nSPS) is 24.5. The molecule has 0 spiro atoms. The molecular formula is C11H19N3O2. The Morgan fingerprint density at radius 1 is 1.69 bits per heavy atom. The lowest BCUT2D eigenvalue weighted by Gasteiger charge is -2.38. The number of hydrogen-bond donors (Lipinski definition) is 1. The highest BCUT2D eigenvalue weighted by Crippen LogP contribution is 2.17. The van der Waals surface area contributed by atoms with Crippen molar-refractivity contribution in [1.29, 1.82) is 0 Å². The molecular weight excluding hydrogens is 206 g/mol. The summed E-state index contributed by atoms with van der Waals surface area (Å²) in [6.07, 6.45) is 3.60. The molecule has 0 radical (unpaired) electrons. The molecule has 1 rings (SSSR count). The van der Waals surface area contributed by atoms with Gasteiger partial charge in [-0.05, 0) is 20.3 Å². The number of amides is 1. The van der Waals surface area contributed by atoms with E-state index in [1.165, 1.54) is 12.4 Å². The number of rotatable bonds is 3. The molecule has 1 saturated heterocycles. The Morgan fingerprint density at radius 3 is 2.88 bits per heavy atom. The second kappa shape index (κ2) is 5.53. The van der Waals surface area contributed by atoms with Crippen molar-refractivity contribution in [3.05, 3.63) is 12.4 Å². The fourth-order valence-corrected chi connectivity index (χ4v) is 1.86. The van der Waals surface area contributed by atoms with E-state index >= 15 is 0 Å². The SMILES string of the molecule is CCC1/C(=N\C=C/N)OCC(=O)N1C(C)C. The Kier molecular flexibility index (Phi) is 4.34. The van der Waals surface area contributed by atoms with Crippen molar-refractivity contribution < 1.29 is 9.53 Å². The summed E-state index contributed by atoms with van der Waals surface area (Å²) < 4.78 is 5.33. The van der Waals surface area contributed by atoms with Crippen LogP contribution < -0.4 is 5.73 Å². The summed E-state index contributed by atoms with van der Waals surface area (Å²) in [6.45, 7) is 6.04. The third-order valence-electron chi connectivity index (χ3n) is 2.48. The second-order valence-electron chi connectivity index (χ2n) is 3.92. The Balaban J connectivity index is 2.94. The Bertz CT molecular complexity index is 310. The van der Waals surface area contributed by atoms with E-state index in [1.807, 2.05) is 25.7 Å². The van der Waals surface area contributed by atoms with E-state index in [-0.39, 0.29) is 24.6 Å². The Hall–Kier alpha value is -1.52. The molecule has 0 aliphatic carbocycles. The van der Waals surface area contributed by atoms with Crippen LogP contribution in [0.2, 0.25) is 0 Å². The first-order valence-electron chi connectivity index (χ1n) is 5.50. The summed E-state index contributed by atoms with van der Waals surface area (Å²) in [4.78, 5) is 17.7. The maximum atomic E-state index is 11.7. The third kappa shape index (κ3) is 2.53. The predicted molar refractivity (Wildman–Crippen MR) is 62.8 cm³/mol. The molecule has 0 saturated carbocycles. The van der Waals surface area contributed by atoms with E-state index in [0.717, 1.165) is 6.42 Å². The first kappa shape index (κ1) is 12.5. The molecule has 0 aromatic heterocycles. The zero-order valence-corrected chi connectivity index (χ0v) is 10.0. The summed E-state index contributed by atoms with van der Waals surface area (Å²) in [7, 11) is 0. The van der Waals surface area contributed by atoms with E-state index in [4.69, 9.17) is 10.5 Å². The average molecular weight is 225 g/mol. The van der Waals surface area contributed by atoms with Crippen molar-refractivity contribution in [2.24, 2.45) is 10.7 Å². The Labute approximate surface area is 96.0 Å². The van der Waals surface area contributed by atoms with E-state index in [1.54, 1.807) is 0 Å². The number of ether oxygens (including phenoxy) is 1. The van der Waals surface area contributed by atoms with Gasteiger partial charge in [-0.25, -0.2) is 4.99 Å². The van der Waals surface area contributed by atoms with Crippen LogP contribution in [0.1, 0.15) is 27.2 Å². The number of carbonyl (C=O) groups is 1. The number of carbonyl (C=O) groups excluding carboxylic acids is 1. The average Bonchev–Trinajstić information content (AvgIpc) is 2.26. The molecule has 1 amide bonds. The predicted octanol–water partition coefficient (Wildman–Crippen LogP) is 0.861. The highest BCUT2D eigenvalue weighted by Gasteiger charge is 2.34. The molecule has 5 nitrogen and oxygen atoms in total. The maximum Gasteiger partial charge on any atom is 0.261 e. The molecule has 1 unspecified atom stereocenters. The highest BCUT2D eigenvalue weighted by atomic mass is 16.5. The molecule has 1 fully saturated rings. The first-order valence-corrected chi connectivity index (χ1v) is 5.50. The lowest BCUT2D eigenvalue weighted by Crippen LogP contribution is -2.54. The van der Waals surface area contributed by atoms with Crippen LogP contribution in [0, 0.1) is 0 Å². The number of morpholine rings is 1. The highest BCUT2D eigenvalue weighted by molar-refractivity contribution is 5.93.